The standard InChI is InChI=1S/C22H36O2/c1-13-11-16-18-6-5-17(14(2)23)21(18,3)10-8-19(16)22(4)9-7-15(24)12-20(13)22/h13,15-20,24H,5-12H2,1-4H3/t13-,15+,16-,17+,18-,19-,20-,21+,22+/m0/s1. The van der Waals surface area contributed by atoms with Crippen molar-refractivity contribution in [1.82, 2.24) is 0 Å². The fourth-order valence-electron chi connectivity index (χ4n) is 8.38. The summed E-state index contributed by atoms with van der Waals surface area (Å²) in [6.45, 7) is 9.27. The number of rotatable bonds is 1. The van der Waals surface area contributed by atoms with Crippen LogP contribution in [0.3, 0.4) is 0 Å². The molecule has 2 nitrogen and oxygen atoms in total. The number of carbonyl (C=O) groups is 1. The van der Waals surface area contributed by atoms with E-state index in [1.807, 2.05) is 6.92 Å². The minimum atomic E-state index is -0.0653. The molecule has 0 spiro atoms. The molecule has 0 saturated heterocycles. The van der Waals surface area contributed by atoms with Gasteiger partial charge in [-0.25, -0.2) is 0 Å². The summed E-state index contributed by atoms with van der Waals surface area (Å²) in [6, 6.07) is 0. The first-order chi connectivity index (χ1) is 11.3. The second-order valence-electron chi connectivity index (χ2n) is 10.4. The molecular formula is C22H36O2. The molecule has 4 rings (SSSR count). The Labute approximate surface area is 147 Å². The number of aliphatic hydroxyl groups excluding tert-OH is 1. The molecule has 9 atom stereocenters. The zero-order chi connectivity index (χ0) is 17.3. The third kappa shape index (κ3) is 2.20. The van der Waals surface area contributed by atoms with Crippen LogP contribution in [0.5, 0.6) is 0 Å². The number of carbonyl (C=O) groups excluding carboxylic acids is 1. The van der Waals surface area contributed by atoms with Gasteiger partial charge < -0.3 is 5.11 Å². The predicted molar refractivity (Wildman–Crippen MR) is 96.5 cm³/mol. The molecule has 0 amide bonds. The van der Waals surface area contributed by atoms with Gasteiger partial charge in [0.25, 0.3) is 0 Å². The Morgan fingerprint density at radius 1 is 0.917 bits per heavy atom. The van der Waals surface area contributed by atoms with Gasteiger partial charge in [0.1, 0.15) is 5.78 Å². The van der Waals surface area contributed by atoms with Crippen LogP contribution in [0.15, 0.2) is 0 Å². The van der Waals surface area contributed by atoms with Gasteiger partial charge in [0.15, 0.2) is 0 Å². The Hall–Kier alpha value is -0.370. The Kier molecular flexibility index (Phi) is 3.95. The van der Waals surface area contributed by atoms with Gasteiger partial charge in [-0.1, -0.05) is 20.8 Å². The molecule has 0 aromatic heterocycles. The fourth-order valence-corrected chi connectivity index (χ4v) is 8.38. The zero-order valence-electron chi connectivity index (χ0n) is 16.1. The largest absolute Gasteiger partial charge is 0.393 e. The maximum Gasteiger partial charge on any atom is 0.133 e. The number of aliphatic hydroxyl groups is 1. The summed E-state index contributed by atoms with van der Waals surface area (Å²) in [6.07, 6.45) is 9.49. The number of Topliss-reactive ketones (excluding diaryl/α,β-unsaturated/α-hetero) is 1. The summed E-state index contributed by atoms with van der Waals surface area (Å²) in [5, 5.41) is 10.2. The summed E-state index contributed by atoms with van der Waals surface area (Å²) in [7, 11) is 0. The molecule has 24 heavy (non-hydrogen) atoms. The average Bonchev–Trinajstić information content (AvgIpc) is 2.87. The summed E-state index contributed by atoms with van der Waals surface area (Å²) in [5.41, 5.74) is 0.696. The smallest absolute Gasteiger partial charge is 0.133 e. The molecule has 0 aromatic rings. The highest BCUT2D eigenvalue weighted by Crippen LogP contribution is 2.68. The third-order valence-electron chi connectivity index (χ3n) is 9.50. The molecule has 0 aromatic carbocycles. The highest BCUT2D eigenvalue weighted by molar-refractivity contribution is 5.79. The Morgan fingerprint density at radius 2 is 1.58 bits per heavy atom. The minimum absolute atomic E-state index is 0.0653. The molecular weight excluding hydrogens is 296 g/mol. The van der Waals surface area contributed by atoms with Crippen molar-refractivity contribution in [2.45, 2.75) is 85.2 Å². The number of hydrogen-bond acceptors (Lipinski definition) is 2. The van der Waals surface area contributed by atoms with E-state index in [0.29, 0.717) is 23.0 Å². The van der Waals surface area contributed by atoms with Gasteiger partial charge in [-0.15, -0.1) is 0 Å². The summed E-state index contributed by atoms with van der Waals surface area (Å²) < 4.78 is 0. The highest BCUT2D eigenvalue weighted by Gasteiger charge is 2.61. The molecule has 0 heterocycles. The van der Waals surface area contributed by atoms with E-state index < -0.39 is 0 Å². The van der Waals surface area contributed by atoms with Crippen LogP contribution in [-0.4, -0.2) is 17.0 Å². The van der Waals surface area contributed by atoms with Gasteiger partial charge in [0.05, 0.1) is 6.10 Å². The minimum Gasteiger partial charge on any atom is -0.393 e. The normalized spacial score (nSPS) is 57.0. The summed E-state index contributed by atoms with van der Waals surface area (Å²) in [4.78, 5) is 12.2. The van der Waals surface area contributed by atoms with Gasteiger partial charge in [-0.3, -0.25) is 4.79 Å². The molecule has 136 valence electrons. The number of hydrogen-bond donors (Lipinski definition) is 1. The maximum atomic E-state index is 12.2. The van der Waals surface area contributed by atoms with Gasteiger partial charge in [-0.05, 0) is 98.7 Å². The van der Waals surface area contributed by atoms with Crippen molar-refractivity contribution < 1.29 is 9.90 Å². The molecule has 4 saturated carbocycles. The van der Waals surface area contributed by atoms with E-state index in [-0.39, 0.29) is 11.5 Å². The van der Waals surface area contributed by atoms with E-state index in [1.54, 1.807) is 0 Å². The molecule has 0 bridgehead atoms. The second-order valence-corrected chi connectivity index (χ2v) is 10.4. The maximum absolute atomic E-state index is 12.2. The monoisotopic (exact) mass is 332 g/mol. The van der Waals surface area contributed by atoms with E-state index >= 15 is 0 Å². The van der Waals surface area contributed by atoms with E-state index in [0.717, 1.165) is 42.9 Å². The van der Waals surface area contributed by atoms with Gasteiger partial charge in [0.2, 0.25) is 0 Å². The van der Waals surface area contributed by atoms with Crippen LogP contribution in [0.2, 0.25) is 0 Å². The second kappa shape index (κ2) is 5.56. The first-order valence-corrected chi connectivity index (χ1v) is 10.5. The Morgan fingerprint density at radius 3 is 2.29 bits per heavy atom. The van der Waals surface area contributed by atoms with E-state index in [2.05, 4.69) is 20.8 Å². The van der Waals surface area contributed by atoms with Crippen LogP contribution >= 0.6 is 0 Å². The van der Waals surface area contributed by atoms with Crippen molar-refractivity contribution >= 4 is 5.78 Å². The van der Waals surface area contributed by atoms with Crippen molar-refractivity contribution in [2.75, 3.05) is 0 Å². The van der Waals surface area contributed by atoms with Crippen molar-refractivity contribution in [1.29, 1.82) is 0 Å². The van der Waals surface area contributed by atoms with E-state index in [4.69, 9.17) is 0 Å². The van der Waals surface area contributed by atoms with Crippen molar-refractivity contribution in [3.63, 3.8) is 0 Å². The molecule has 4 fully saturated rings. The van der Waals surface area contributed by atoms with Crippen molar-refractivity contribution in [3.05, 3.63) is 0 Å². The van der Waals surface area contributed by atoms with E-state index in [1.165, 1.54) is 32.1 Å². The summed E-state index contributed by atoms with van der Waals surface area (Å²) >= 11 is 0. The summed E-state index contributed by atoms with van der Waals surface area (Å²) in [5.74, 6) is 4.60. The highest BCUT2D eigenvalue weighted by atomic mass is 16.3. The van der Waals surface area contributed by atoms with Gasteiger partial charge in [0, 0.05) is 5.92 Å². The molecule has 0 aliphatic heterocycles. The molecule has 0 radical (unpaired) electrons. The van der Waals surface area contributed by atoms with Crippen LogP contribution in [0, 0.1) is 46.3 Å². The van der Waals surface area contributed by atoms with Crippen LogP contribution in [0.4, 0.5) is 0 Å². The van der Waals surface area contributed by atoms with Crippen LogP contribution in [0.1, 0.15) is 79.1 Å². The Balaban J connectivity index is 1.65. The van der Waals surface area contributed by atoms with E-state index in [9.17, 15) is 9.90 Å². The molecule has 2 heteroatoms. The lowest BCUT2D eigenvalue weighted by Crippen LogP contribution is -2.56. The molecule has 0 unspecified atom stereocenters. The lowest BCUT2D eigenvalue weighted by Gasteiger charge is -2.62. The predicted octanol–water partition coefficient (Wildman–Crippen LogP) is 4.84. The van der Waals surface area contributed by atoms with Crippen molar-refractivity contribution in [2.24, 2.45) is 46.3 Å². The topological polar surface area (TPSA) is 37.3 Å². The number of ketones is 1. The SMILES string of the molecule is CC(=O)[C@H]1CC[C@H]2[C@@H]3C[C@H](C)[C@@H]4C[C@H](O)CC[C@]4(C)[C@H]3CC[C@]12C. The van der Waals surface area contributed by atoms with Gasteiger partial charge in [-0.2, -0.15) is 0 Å². The van der Waals surface area contributed by atoms with Gasteiger partial charge >= 0.3 is 0 Å². The van der Waals surface area contributed by atoms with Crippen LogP contribution in [-0.2, 0) is 4.79 Å². The average molecular weight is 333 g/mol. The quantitative estimate of drug-likeness (QED) is 0.746. The lowest BCUT2D eigenvalue weighted by atomic mass is 9.43. The van der Waals surface area contributed by atoms with Crippen LogP contribution in [0.25, 0.3) is 0 Å². The third-order valence-corrected chi connectivity index (χ3v) is 9.50. The molecule has 4 aliphatic rings. The lowest BCUT2D eigenvalue weighted by molar-refractivity contribution is -0.151. The first kappa shape index (κ1) is 17.1. The van der Waals surface area contributed by atoms with Crippen LogP contribution < -0.4 is 0 Å². The van der Waals surface area contributed by atoms with Crippen molar-refractivity contribution in [3.8, 4) is 0 Å². The first-order valence-electron chi connectivity index (χ1n) is 10.5. The fraction of sp³-hybridized carbons (Fsp3) is 0.955. The molecule has 4 aliphatic carbocycles. The zero-order valence-corrected chi connectivity index (χ0v) is 16.1. The number of fused-ring (bicyclic) bond motifs is 5. The Bertz CT molecular complexity index is 528. The molecule has 1 N–H and O–H groups in total.